The van der Waals surface area contributed by atoms with Crippen molar-refractivity contribution >= 4 is 27.8 Å². The number of para-hydroxylation sites is 1. The van der Waals surface area contributed by atoms with E-state index in [1.165, 1.54) is 12.1 Å². The molecule has 172 valence electrons. The van der Waals surface area contributed by atoms with Crippen LogP contribution in [-0.2, 0) is 14.8 Å². The van der Waals surface area contributed by atoms with Crippen molar-refractivity contribution in [2.75, 3.05) is 5.32 Å². The van der Waals surface area contributed by atoms with Gasteiger partial charge in [-0.2, -0.15) is 4.72 Å². The minimum absolute atomic E-state index is 0.0318. The molecule has 0 spiro atoms. The van der Waals surface area contributed by atoms with Crippen molar-refractivity contribution in [1.29, 1.82) is 0 Å². The van der Waals surface area contributed by atoms with Crippen LogP contribution in [0.1, 0.15) is 13.8 Å². The number of ether oxygens (including phenoxy) is 1. The van der Waals surface area contributed by atoms with Crippen LogP contribution in [0.3, 0.4) is 0 Å². The normalized spacial score (nSPS) is 12.2. The van der Waals surface area contributed by atoms with Crippen molar-refractivity contribution < 1.29 is 27.9 Å². The molecule has 9 heteroatoms. The number of rotatable bonds is 8. The van der Waals surface area contributed by atoms with Gasteiger partial charge < -0.3 is 9.84 Å². The van der Waals surface area contributed by atoms with Gasteiger partial charge in [-0.25, -0.2) is 13.2 Å². The molecule has 0 saturated heterocycles. The SMILES string of the molecule is CC(C)[C@@H](NS(=O)(=O)c1ccc(-c2ccc(OC(=O)Nc3ccccc3)cc2)cc1)C(=O)O. The third-order valence-corrected chi connectivity index (χ3v) is 6.25. The largest absolute Gasteiger partial charge is 0.480 e. The third-order valence-electron chi connectivity index (χ3n) is 4.80. The molecule has 0 aliphatic carbocycles. The van der Waals surface area contributed by atoms with E-state index in [1.54, 1.807) is 74.5 Å². The summed E-state index contributed by atoms with van der Waals surface area (Å²) < 4.78 is 32.6. The first-order chi connectivity index (χ1) is 15.7. The number of carboxylic acid groups (broad SMARTS) is 1. The quantitative estimate of drug-likeness (QED) is 0.452. The Bertz CT molecular complexity index is 1210. The lowest BCUT2D eigenvalue weighted by Crippen LogP contribution is -2.44. The Labute approximate surface area is 192 Å². The zero-order valence-electron chi connectivity index (χ0n) is 18.1. The molecule has 1 amide bonds. The number of anilines is 1. The average molecular weight is 469 g/mol. The van der Waals surface area contributed by atoms with Gasteiger partial charge >= 0.3 is 12.1 Å². The Morgan fingerprint density at radius 1 is 0.848 bits per heavy atom. The van der Waals surface area contributed by atoms with Gasteiger partial charge in [0.1, 0.15) is 11.8 Å². The van der Waals surface area contributed by atoms with Gasteiger partial charge in [-0.05, 0) is 53.4 Å². The summed E-state index contributed by atoms with van der Waals surface area (Å²) >= 11 is 0. The second kappa shape index (κ2) is 10.3. The molecule has 0 saturated carbocycles. The summed E-state index contributed by atoms with van der Waals surface area (Å²) in [6.45, 7) is 3.26. The second-order valence-corrected chi connectivity index (χ2v) is 9.32. The van der Waals surface area contributed by atoms with E-state index in [-0.39, 0.29) is 4.90 Å². The van der Waals surface area contributed by atoms with Crippen molar-refractivity contribution in [2.24, 2.45) is 5.92 Å². The van der Waals surface area contributed by atoms with Crippen LogP contribution in [-0.4, -0.2) is 31.6 Å². The predicted octanol–water partition coefficient (Wildman–Crippen LogP) is 4.35. The number of carbonyl (C=O) groups is 2. The van der Waals surface area contributed by atoms with Crippen LogP contribution in [0.4, 0.5) is 10.5 Å². The molecule has 0 heterocycles. The van der Waals surface area contributed by atoms with Gasteiger partial charge in [0.05, 0.1) is 4.90 Å². The third kappa shape index (κ3) is 6.41. The maximum absolute atomic E-state index is 12.5. The summed E-state index contributed by atoms with van der Waals surface area (Å²) in [7, 11) is -3.99. The summed E-state index contributed by atoms with van der Waals surface area (Å²) in [4.78, 5) is 23.3. The Hall–Kier alpha value is -3.69. The van der Waals surface area contributed by atoms with Crippen LogP contribution in [0, 0.1) is 5.92 Å². The highest BCUT2D eigenvalue weighted by Crippen LogP contribution is 2.24. The van der Waals surface area contributed by atoms with Gasteiger partial charge in [0, 0.05) is 5.69 Å². The summed E-state index contributed by atoms with van der Waals surface area (Å²) in [5.74, 6) is -1.29. The van der Waals surface area contributed by atoms with E-state index in [2.05, 4.69) is 10.0 Å². The molecule has 0 radical (unpaired) electrons. The van der Waals surface area contributed by atoms with Gasteiger partial charge in [-0.15, -0.1) is 0 Å². The molecular formula is C24H24N2O6S. The predicted molar refractivity (Wildman–Crippen MR) is 125 cm³/mol. The highest BCUT2D eigenvalue weighted by atomic mass is 32.2. The zero-order chi connectivity index (χ0) is 24.0. The smallest absolute Gasteiger partial charge is 0.417 e. The molecule has 0 aromatic heterocycles. The standard InChI is InChI=1S/C24H24N2O6S/c1-16(2)22(23(27)28)26-33(30,31)21-14-10-18(11-15-21)17-8-12-20(13-9-17)32-24(29)25-19-6-4-3-5-7-19/h3-16,22,26H,1-2H3,(H,25,29)(H,27,28)/t22-/m1/s1. The second-order valence-electron chi connectivity index (χ2n) is 7.61. The first kappa shape index (κ1) is 24.0. The molecule has 3 aromatic rings. The molecule has 0 aliphatic rings. The van der Waals surface area contributed by atoms with E-state index in [1.807, 2.05) is 6.07 Å². The Morgan fingerprint density at radius 2 is 1.39 bits per heavy atom. The van der Waals surface area contributed by atoms with Gasteiger partial charge in [-0.1, -0.05) is 56.3 Å². The molecule has 0 aliphatic heterocycles. The fraction of sp³-hybridized carbons (Fsp3) is 0.167. The number of nitrogens with one attached hydrogen (secondary N) is 2. The number of sulfonamides is 1. The van der Waals surface area contributed by atoms with Crippen LogP contribution in [0.2, 0.25) is 0 Å². The average Bonchev–Trinajstić information content (AvgIpc) is 2.78. The minimum atomic E-state index is -3.99. The van der Waals surface area contributed by atoms with Crippen LogP contribution >= 0.6 is 0 Å². The van der Waals surface area contributed by atoms with Crippen LogP contribution in [0.5, 0.6) is 5.75 Å². The lowest BCUT2D eigenvalue weighted by atomic mass is 10.1. The lowest BCUT2D eigenvalue weighted by molar-refractivity contribution is -0.140. The Morgan fingerprint density at radius 3 is 1.91 bits per heavy atom. The van der Waals surface area contributed by atoms with E-state index < -0.39 is 34.0 Å². The minimum Gasteiger partial charge on any atom is -0.480 e. The molecule has 3 aromatic carbocycles. The zero-order valence-corrected chi connectivity index (χ0v) is 18.9. The number of aliphatic carboxylic acids is 1. The molecule has 0 fully saturated rings. The molecule has 1 atom stereocenters. The highest BCUT2D eigenvalue weighted by molar-refractivity contribution is 7.89. The first-order valence-corrected chi connectivity index (χ1v) is 11.6. The van der Waals surface area contributed by atoms with Crippen molar-refractivity contribution in [2.45, 2.75) is 24.8 Å². The Balaban J connectivity index is 1.67. The van der Waals surface area contributed by atoms with Gasteiger partial charge in [0.2, 0.25) is 10.0 Å². The maximum Gasteiger partial charge on any atom is 0.417 e. The number of carboxylic acids is 1. The number of benzene rings is 3. The molecule has 33 heavy (non-hydrogen) atoms. The highest BCUT2D eigenvalue weighted by Gasteiger charge is 2.27. The van der Waals surface area contributed by atoms with Crippen molar-refractivity contribution in [3.8, 4) is 16.9 Å². The summed E-state index contributed by atoms with van der Waals surface area (Å²) in [6.07, 6.45) is -0.614. The molecule has 0 bridgehead atoms. The van der Waals surface area contributed by atoms with Gasteiger partial charge in [0.15, 0.2) is 0 Å². The fourth-order valence-corrected chi connectivity index (χ4v) is 4.36. The van der Waals surface area contributed by atoms with Crippen LogP contribution in [0.15, 0.2) is 83.8 Å². The van der Waals surface area contributed by atoms with Gasteiger partial charge in [-0.3, -0.25) is 10.1 Å². The van der Waals surface area contributed by atoms with Crippen molar-refractivity contribution in [3.05, 3.63) is 78.9 Å². The number of hydrogen-bond donors (Lipinski definition) is 3. The number of amides is 1. The molecule has 3 N–H and O–H groups in total. The molecule has 8 nitrogen and oxygen atoms in total. The first-order valence-electron chi connectivity index (χ1n) is 10.2. The monoisotopic (exact) mass is 468 g/mol. The molecular weight excluding hydrogens is 444 g/mol. The number of hydrogen-bond acceptors (Lipinski definition) is 5. The van der Waals surface area contributed by atoms with Crippen LogP contribution in [0.25, 0.3) is 11.1 Å². The van der Waals surface area contributed by atoms with E-state index in [0.29, 0.717) is 11.4 Å². The fourth-order valence-electron chi connectivity index (χ4n) is 3.02. The molecule has 0 unspecified atom stereocenters. The van der Waals surface area contributed by atoms with E-state index in [4.69, 9.17) is 4.74 Å². The lowest BCUT2D eigenvalue weighted by Gasteiger charge is -2.18. The maximum atomic E-state index is 12.5. The summed E-state index contributed by atoms with van der Waals surface area (Å²) in [5, 5.41) is 11.9. The Kier molecular flexibility index (Phi) is 7.47. The topological polar surface area (TPSA) is 122 Å². The summed E-state index contributed by atoms with van der Waals surface area (Å²) in [5.41, 5.74) is 2.15. The van der Waals surface area contributed by atoms with E-state index in [0.717, 1.165) is 11.1 Å². The van der Waals surface area contributed by atoms with Crippen molar-refractivity contribution in [3.63, 3.8) is 0 Å². The van der Waals surface area contributed by atoms with Crippen LogP contribution < -0.4 is 14.8 Å². The van der Waals surface area contributed by atoms with E-state index >= 15 is 0 Å². The van der Waals surface area contributed by atoms with Crippen molar-refractivity contribution in [1.82, 2.24) is 4.72 Å². The summed E-state index contributed by atoms with van der Waals surface area (Å²) in [6, 6.07) is 20.5. The van der Waals surface area contributed by atoms with E-state index in [9.17, 15) is 23.1 Å². The molecule has 3 rings (SSSR count). The number of carbonyl (C=O) groups excluding carboxylic acids is 1. The van der Waals surface area contributed by atoms with Gasteiger partial charge in [0.25, 0.3) is 0 Å².